The molecule has 1 N–H and O–H groups in total. The smallest absolute Gasteiger partial charge is 0.352 e. The molecule has 2 aromatic heterocycles. The van der Waals surface area contributed by atoms with Crippen LogP contribution in [0.15, 0.2) is 42.7 Å². The Labute approximate surface area is 165 Å². The Hall–Kier alpha value is -4.03. The van der Waals surface area contributed by atoms with E-state index in [1.165, 1.54) is 16.7 Å². The summed E-state index contributed by atoms with van der Waals surface area (Å²) in [5.74, 6) is -0.773. The van der Waals surface area contributed by atoms with Crippen LogP contribution in [0.2, 0.25) is 0 Å². The zero-order valence-corrected chi connectivity index (χ0v) is 14.9. The number of alkyl halides is 3. The first-order valence-electron chi connectivity index (χ1n) is 8.31. The summed E-state index contributed by atoms with van der Waals surface area (Å²) in [6.45, 7) is 0.00529. The van der Waals surface area contributed by atoms with Gasteiger partial charge >= 0.3 is 6.18 Å². The van der Waals surface area contributed by atoms with Crippen molar-refractivity contribution in [1.29, 1.82) is 0 Å². The predicted molar refractivity (Wildman–Crippen MR) is 96.0 cm³/mol. The second-order valence-corrected chi connectivity index (χ2v) is 6.17. The zero-order chi connectivity index (χ0) is 22.1. The van der Waals surface area contributed by atoms with E-state index in [-0.39, 0.29) is 18.5 Å². The van der Waals surface area contributed by atoms with Crippen molar-refractivity contribution >= 4 is 22.9 Å². The van der Waals surface area contributed by atoms with Crippen LogP contribution in [-0.4, -0.2) is 31.7 Å². The third kappa shape index (κ3) is 4.51. The number of carbonyl (C=O) groups excluding carboxylic acids is 1. The van der Waals surface area contributed by atoms with Crippen LogP contribution in [0, 0.1) is 20.2 Å². The summed E-state index contributed by atoms with van der Waals surface area (Å²) in [7, 11) is 0. The quantitative estimate of drug-likeness (QED) is 0.478. The molecule has 0 aliphatic rings. The Morgan fingerprint density at radius 3 is 2.27 bits per heavy atom. The number of fused-ring (bicyclic) bond motifs is 1. The van der Waals surface area contributed by atoms with Crippen molar-refractivity contribution in [2.24, 2.45) is 0 Å². The molecule has 0 atom stereocenters. The fourth-order valence-electron chi connectivity index (χ4n) is 2.68. The van der Waals surface area contributed by atoms with Gasteiger partial charge in [-0.3, -0.25) is 25.0 Å². The Morgan fingerprint density at radius 2 is 1.70 bits per heavy atom. The van der Waals surface area contributed by atoms with Gasteiger partial charge in [0.05, 0.1) is 32.7 Å². The van der Waals surface area contributed by atoms with Gasteiger partial charge < -0.3 is 9.72 Å². The number of hydrogen-bond acceptors (Lipinski definition) is 6. The highest BCUT2D eigenvalue weighted by molar-refractivity contribution is 5.95. The topological polar surface area (TPSA) is 133 Å². The number of hydrogen-bond donors (Lipinski definition) is 1. The minimum absolute atomic E-state index is 0.00529. The summed E-state index contributed by atoms with van der Waals surface area (Å²) in [6.07, 6.45) is -2.05. The molecular formula is C17H12F3N5O5. The summed E-state index contributed by atoms with van der Waals surface area (Å²) in [6, 6.07) is 4.68. The van der Waals surface area contributed by atoms with Crippen LogP contribution in [0.3, 0.4) is 0 Å². The number of imidazole rings is 1. The maximum Gasteiger partial charge on any atom is 0.417 e. The number of aromatic nitrogens is 2. The fraction of sp³-hybridized carbons (Fsp3) is 0.176. The molecule has 156 valence electrons. The summed E-state index contributed by atoms with van der Waals surface area (Å²) < 4.78 is 39.5. The van der Waals surface area contributed by atoms with Gasteiger partial charge in [0.15, 0.2) is 0 Å². The molecule has 0 radical (unpaired) electrons. The lowest BCUT2D eigenvalue weighted by molar-refractivity contribution is -0.394. The molecule has 0 aliphatic heterocycles. The molecule has 13 heteroatoms. The van der Waals surface area contributed by atoms with Gasteiger partial charge in [-0.25, -0.2) is 4.98 Å². The van der Waals surface area contributed by atoms with Gasteiger partial charge in [-0.1, -0.05) is 0 Å². The van der Waals surface area contributed by atoms with E-state index in [9.17, 15) is 38.2 Å². The number of benzene rings is 1. The number of halogens is 3. The van der Waals surface area contributed by atoms with Crippen LogP contribution in [0.25, 0.3) is 5.65 Å². The van der Waals surface area contributed by atoms with E-state index in [1.54, 1.807) is 0 Å². The molecule has 2 heterocycles. The molecule has 3 rings (SSSR count). The van der Waals surface area contributed by atoms with E-state index < -0.39 is 38.9 Å². The molecule has 0 aliphatic carbocycles. The molecule has 3 aromatic rings. The first kappa shape index (κ1) is 20.7. The molecule has 0 unspecified atom stereocenters. The number of nitro benzene ring substituents is 2. The van der Waals surface area contributed by atoms with Crippen molar-refractivity contribution < 1.29 is 27.8 Å². The molecule has 30 heavy (non-hydrogen) atoms. The number of nitrogens with zero attached hydrogens (tertiary/aromatic N) is 4. The van der Waals surface area contributed by atoms with Crippen molar-refractivity contribution in [3.8, 4) is 0 Å². The van der Waals surface area contributed by atoms with Gasteiger partial charge in [0.25, 0.3) is 17.3 Å². The first-order chi connectivity index (χ1) is 14.0. The average molecular weight is 423 g/mol. The number of pyridine rings is 1. The molecule has 10 nitrogen and oxygen atoms in total. The Kier molecular flexibility index (Phi) is 5.36. The second kappa shape index (κ2) is 7.77. The summed E-state index contributed by atoms with van der Waals surface area (Å²) in [4.78, 5) is 36.4. The van der Waals surface area contributed by atoms with E-state index in [0.717, 1.165) is 30.5 Å². The third-order valence-corrected chi connectivity index (χ3v) is 4.08. The minimum Gasteiger partial charge on any atom is -0.352 e. The third-order valence-electron chi connectivity index (χ3n) is 4.08. The van der Waals surface area contributed by atoms with Gasteiger partial charge in [-0.15, -0.1) is 0 Å². The molecule has 0 saturated heterocycles. The van der Waals surface area contributed by atoms with Crippen molar-refractivity contribution in [3.63, 3.8) is 0 Å². The van der Waals surface area contributed by atoms with E-state index in [0.29, 0.717) is 11.3 Å². The lowest BCUT2D eigenvalue weighted by Gasteiger charge is -2.05. The molecular weight excluding hydrogens is 411 g/mol. The number of nitro groups is 2. The van der Waals surface area contributed by atoms with Crippen LogP contribution in [-0.2, 0) is 12.6 Å². The van der Waals surface area contributed by atoms with Gasteiger partial charge in [-0.05, 0) is 12.1 Å². The van der Waals surface area contributed by atoms with Crippen molar-refractivity contribution in [2.75, 3.05) is 6.54 Å². The number of non-ortho nitro benzene ring substituents is 2. The van der Waals surface area contributed by atoms with Gasteiger partial charge in [0.2, 0.25) is 0 Å². The van der Waals surface area contributed by atoms with Crippen molar-refractivity contribution in [3.05, 3.63) is 79.8 Å². The highest BCUT2D eigenvalue weighted by Gasteiger charge is 2.30. The lowest BCUT2D eigenvalue weighted by Crippen LogP contribution is -2.25. The summed E-state index contributed by atoms with van der Waals surface area (Å²) in [5, 5.41) is 24.2. The molecule has 0 saturated carbocycles. The highest BCUT2D eigenvalue weighted by atomic mass is 19.4. The maximum absolute atomic E-state index is 12.8. The van der Waals surface area contributed by atoms with Crippen LogP contribution in [0.1, 0.15) is 21.6 Å². The number of rotatable bonds is 6. The summed E-state index contributed by atoms with van der Waals surface area (Å²) >= 11 is 0. The molecule has 0 fully saturated rings. The fourth-order valence-corrected chi connectivity index (χ4v) is 2.68. The zero-order valence-electron chi connectivity index (χ0n) is 14.9. The molecule has 0 bridgehead atoms. The number of nitrogens with one attached hydrogen (secondary N) is 1. The first-order valence-corrected chi connectivity index (χ1v) is 8.31. The van der Waals surface area contributed by atoms with E-state index in [2.05, 4.69) is 10.3 Å². The molecule has 1 amide bonds. The normalized spacial score (nSPS) is 11.4. The Morgan fingerprint density at radius 1 is 1.07 bits per heavy atom. The Bertz CT molecular complexity index is 1130. The highest BCUT2D eigenvalue weighted by Crippen LogP contribution is 2.29. The van der Waals surface area contributed by atoms with E-state index >= 15 is 0 Å². The minimum atomic E-state index is -4.49. The largest absolute Gasteiger partial charge is 0.417 e. The SMILES string of the molecule is O=C(NCCc1cn2cc(C(F)(F)F)ccc2n1)c1cc([N+](=O)[O-])cc([N+](=O)[O-])c1. The van der Waals surface area contributed by atoms with Crippen LogP contribution in [0.4, 0.5) is 24.5 Å². The lowest BCUT2D eigenvalue weighted by atomic mass is 10.1. The van der Waals surface area contributed by atoms with E-state index in [4.69, 9.17) is 0 Å². The monoisotopic (exact) mass is 423 g/mol. The number of carbonyl (C=O) groups is 1. The number of amides is 1. The van der Waals surface area contributed by atoms with Crippen LogP contribution < -0.4 is 5.32 Å². The second-order valence-electron chi connectivity index (χ2n) is 6.17. The van der Waals surface area contributed by atoms with Gasteiger partial charge in [0.1, 0.15) is 5.65 Å². The molecule has 1 aromatic carbocycles. The van der Waals surface area contributed by atoms with E-state index in [1.807, 2.05) is 0 Å². The molecule has 0 spiro atoms. The van der Waals surface area contributed by atoms with Crippen LogP contribution >= 0.6 is 0 Å². The predicted octanol–water partition coefficient (Wildman–Crippen LogP) is 3.14. The van der Waals surface area contributed by atoms with Crippen LogP contribution in [0.5, 0.6) is 0 Å². The Balaban J connectivity index is 1.70. The maximum atomic E-state index is 12.8. The van der Waals surface area contributed by atoms with Crippen molar-refractivity contribution in [1.82, 2.24) is 14.7 Å². The van der Waals surface area contributed by atoms with Crippen molar-refractivity contribution in [2.45, 2.75) is 12.6 Å². The standard InChI is InChI=1S/C17H12F3N5O5/c18-17(19,20)11-1-2-15-22-12(9-23(15)8-11)3-4-21-16(26)10-5-13(24(27)28)7-14(6-10)25(29)30/h1-2,5-9H,3-4H2,(H,21,26). The van der Waals surface area contributed by atoms with Gasteiger partial charge in [0, 0.05) is 37.5 Å². The summed E-state index contributed by atoms with van der Waals surface area (Å²) in [5.41, 5.74) is -1.61. The van der Waals surface area contributed by atoms with Gasteiger partial charge in [-0.2, -0.15) is 13.2 Å². The average Bonchev–Trinajstić information content (AvgIpc) is 3.08.